The van der Waals surface area contributed by atoms with Gasteiger partial charge in [0.05, 0.1) is 11.1 Å². The third-order valence-corrected chi connectivity index (χ3v) is 5.46. The first-order valence-electron chi connectivity index (χ1n) is 11.0. The number of carboxylic acid groups (broad SMARTS) is 1. The first kappa shape index (κ1) is 24.9. The van der Waals surface area contributed by atoms with Gasteiger partial charge < -0.3 is 48.1 Å². The fourth-order valence-electron chi connectivity index (χ4n) is 3.79. The number of carboxylic acids is 1. The molecule has 3 heterocycles. The molecule has 11 heteroatoms. The molecule has 0 aromatic heterocycles. The normalized spacial score (nSPS) is 30.2. The Labute approximate surface area is 179 Å². The average molecular weight is 429 g/mol. The summed E-state index contributed by atoms with van der Waals surface area (Å²) < 4.78 is 0. The van der Waals surface area contributed by atoms with Gasteiger partial charge in [0.1, 0.15) is 0 Å². The second-order valence-electron chi connectivity index (χ2n) is 8.50. The highest BCUT2D eigenvalue weighted by Crippen LogP contribution is 2.05. The summed E-state index contributed by atoms with van der Waals surface area (Å²) in [5.74, 6) is -0.998. The van der Waals surface area contributed by atoms with Gasteiger partial charge in [-0.15, -0.1) is 0 Å². The van der Waals surface area contributed by atoms with Gasteiger partial charge in [0.15, 0.2) is 0 Å². The number of rotatable bonds is 5. The summed E-state index contributed by atoms with van der Waals surface area (Å²) >= 11 is 0. The molecule has 0 spiro atoms. The summed E-state index contributed by atoms with van der Waals surface area (Å²) in [5, 5.41) is 32.7. The minimum absolute atomic E-state index is 0.000806. The summed E-state index contributed by atoms with van der Waals surface area (Å²) in [6.45, 7) is 8.56. The lowest BCUT2D eigenvalue weighted by molar-refractivity contribution is -0.137. The Bertz CT molecular complexity index is 490. The molecule has 0 radical (unpaired) electrons. The van der Waals surface area contributed by atoms with E-state index in [-0.39, 0.29) is 24.3 Å². The van der Waals surface area contributed by atoms with Crippen molar-refractivity contribution in [1.82, 2.24) is 37.2 Å². The molecule has 0 aromatic rings. The monoisotopic (exact) mass is 428 g/mol. The zero-order chi connectivity index (χ0) is 21.7. The van der Waals surface area contributed by atoms with Crippen molar-refractivity contribution in [2.45, 2.75) is 30.3 Å². The minimum atomic E-state index is -0.879. The van der Waals surface area contributed by atoms with E-state index in [1.165, 1.54) is 0 Å². The van der Waals surface area contributed by atoms with Crippen molar-refractivity contribution in [1.29, 1.82) is 0 Å². The van der Waals surface area contributed by atoms with Gasteiger partial charge >= 0.3 is 5.97 Å². The van der Waals surface area contributed by atoms with Crippen LogP contribution < -0.4 is 43.0 Å². The molecule has 3 aliphatic rings. The zero-order valence-corrected chi connectivity index (χ0v) is 17.9. The summed E-state index contributed by atoms with van der Waals surface area (Å²) in [5.41, 5.74) is 5.74. The molecule has 0 saturated carbocycles. The van der Waals surface area contributed by atoms with Crippen LogP contribution in [-0.4, -0.2) is 107 Å². The highest BCUT2D eigenvalue weighted by molar-refractivity contribution is 5.77. The van der Waals surface area contributed by atoms with Gasteiger partial charge in [-0.3, -0.25) is 9.59 Å². The van der Waals surface area contributed by atoms with E-state index in [0.717, 1.165) is 39.3 Å². The van der Waals surface area contributed by atoms with E-state index >= 15 is 0 Å². The van der Waals surface area contributed by atoms with Gasteiger partial charge in [-0.1, -0.05) is 0 Å². The van der Waals surface area contributed by atoms with Crippen molar-refractivity contribution in [3.63, 3.8) is 0 Å². The Kier molecular flexibility index (Phi) is 10.9. The molecule has 11 nitrogen and oxygen atoms in total. The molecule has 1 amide bonds. The van der Waals surface area contributed by atoms with Crippen LogP contribution >= 0.6 is 0 Å². The predicted octanol–water partition coefficient (Wildman–Crippen LogP) is -3.64. The number of hydrogen-bond donors (Lipinski definition) is 9. The van der Waals surface area contributed by atoms with Gasteiger partial charge in [0.2, 0.25) is 5.91 Å². The topological polar surface area (TPSA) is 165 Å². The molecule has 0 unspecified atom stereocenters. The van der Waals surface area contributed by atoms with Crippen LogP contribution in [0.3, 0.4) is 0 Å². The largest absolute Gasteiger partial charge is 0.481 e. The maximum absolute atomic E-state index is 12.6. The molecule has 3 aliphatic heterocycles. The lowest BCUT2D eigenvalue weighted by Crippen LogP contribution is -2.67. The number of nitrogens with two attached hydrogens (primary N) is 1. The van der Waals surface area contributed by atoms with Crippen molar-refractivity contribution in [3.8, 4) is 0 Å². The van der Waals surface area contributed by atoms with Crippen molar-refractivity contribution in [2.75, 3.05) is 78.5 Å². The quantitative estimate of drug-likeness (QED) is 0.213. The second kappa shape index (κ2) is 13.2. The molecule has 3 rings (SSSR count). The molecule has 2 bridgehead atoms. The lowest BCUT2D eigenvalue weighted by atomic mass is 9.97. The SMILES string of the molecule is NC12CNCCNCC(NC(=O)CCCC(=O)O)(CNCCNC1)CNCCNC2. The van der Waals surface area contributed by atoms with Crippen molar-refractivity contribution >= 4 is 11.9 Å². The van der Waals surface area contributed by atoms with Crippen molar-refractivity contribution < 1.29 is 14.7 Å². The molecule has 3 saturated heterocycles. The second-order valence-corrected chi connectivity index (χ2v) is 8.50. The number of aliphatic carboxylic acids is 1. The average Bonchev–Trinajstić information content (AvgIpc) is 2.69. The van der Waals surface area contributed by atoms with E-state index in [0.29, 0.717) is 45.7 Å². The van der Waals surface area contributed by atoms with Crippen molar-refractivity contribution in [2.24, 2.45) is 5.73 Å². The Hall–Kier alpha value is -1.34. The molecule has 0 atom stereocenters. The summed E-state index contributed by atoms with van der Waals surface area (Å²) in [4.78, 5) is 23.3. The molecule has 30 heavy (non-hydrogen) atoms. The predicted molar refractivity (Wildman–Crippen MR) is 116 cm³/mol. The van der Waals surface area contributed by atoms with Crippen molar-refractivity contribution in [3.05, 3.63) is 0 Å². The molecular formula is C19H40N8O3. The van der Waals surface area contributed by atoms with Gasteiger partial charge in [-0.05, 0) is 6.42 Å². The highest BCUT2D eigenvalue weighted by Gasteiger charge is 2.32. The van der Waals surface area contributed by atoms with E-state index < -0.39 is 11.5 Å². The first-order valence-corrected chi connectivity index (χ1v) is 11.0. The lowest BCUT2D eigenvalue weighted by Gasteiger charge is -2.37. The van der Waals surface area contributed by atoms with Gasteiger partial charge in [-0.2, -0.15) is 0 Å². The molecule has 174 valence electrons. The van der Waals surface area contributed by atoms with Crippen LogP contribution in [-0.2, 0) is 9.59 Å². The Balaban J connectivity index is 2.07. The van der Waals surface area contributed by atoms with E-state index in [4.69, 9.17) is 10.8 Å². The number of nitrogens with one attached hydrogen (secondary N) is 7. The Morgan fingerprint density at radius 2 is 1.13 bits per heavy atom. The number of fused-ring (bicyclic) bond motifs is 15. The fraction of sp³-hybridized carbons (Fsp3) is 0.895. The van der Waals surface area contributed by atoms with Crippen LogP contribution in [0.4, 0.5) is 0 Å². The molecule has 3 fully saturated rings. The minimum Gasteiger partial charge on any atom is -0.481 e. The van der Waals surface area contributed by atoms with Crippen LogP contribution in [0.5, 0.6) is 0 Å². The Morgan fingerprint density at radius 3 is 1.53 bits per heavy atom. The van der Waals surface area contributed by atoms with Gasteiger partial charge in [0.25, 0.3) is 0 Å². The van der Waals surface area contributed by atoms with Crippen LogP contribution in [0.15, 0.2) is 0 Å². The number of amides is 1. The maximum atomic E-state index is 12.6. The van der Waals surface area contributed by atoms with Crippen LogP contribution in [0.25, 0.3) is 0 Å². The molecular weight excluding hydrogens is 388 g/mol. The summed E-state index contributed by atoms with van der Waals surface area (Å²) in [7, 11) is 0. The smallest absolute Gasteiger partial charge is 0.303 e. The summed E-state index contributed by atoms with van der Waals surface area (Å²) in [6.07, 6.45) is 0.544. The van der Waals surface area contributed by atoms with Crippen LogP contribution in [0.1, 0.15) is 19.3 Å². The van der Waals surface area contributed by atoms with Crippen LogP contribution in [0, 0.1) is 0 Å². The maximum Gasteiger partial charge on any atom is 0.303 e. The number of hydrogen-bond acceptors (Lipinski definition) is 9. The third kappa shape index (κ3) is 9.65. The zero-order valence-electron chi connectivity index (χ0n) is 17.9. The van der Waals surface area contributed by atoms with Crippen LogP contribution in [0.2, 0.25) is 0 Å². The molecule has 0 aromatic carbocycles. The Morgan fingerprint density at radius 1 is 0.733 bits per heavy atom. The summed E-state index contributed by atoms with van der Waals surface area (Å²) in [6, 6.07) is 0. The van der Waals surface area contributed by atoms with Gasteiger partial charge in [0, 0.05) is 91.4 Å². The first-order chi connectivity index (χ1) is 14.4. The van der Waals surface area contributed by atoms with E-state index in [2.05, 4.69) is 37.2 Å². The van der Waals surface area contributed by atoms with E-state index in [1.54, 1.807) is 0 Å². The number of carbonyl (C=O) groups excluding carboxylic acids is 1. The molecule has 10 N–H and O–H groups in total. The van der Waals surface area contributed by atoms with Gasteiger partial charge in [-0.25, -0.2) is 0 Å². The van der Waals surface area contributed by atoms with E-state index in [1.807, 2.05) is 0 Å². The highest BCUT2D eigenvalue weighted by atomic mass is 16.4. The number of carbonyl (C=O) groups is 2. The molecule has 0 aliphatic carbocycles. The standard InChI is InChI=1S/C19H40N8O3/c20-18-10-21-4-7-24-13-19(14-25-8-5-22-11-18,15-26-9-6-23-12-18)27-16(28)2-1-3-17(29)30/h21-26H,1-15,20H2,(H,27,28)(H,29,30). The third-order valence-electron chi connectivity index (χ3n) is 5.46. The van der Waals surface area contributed by atoms with E-state index in [9.17, 15) is 9.59 Å². The fourth-order valence-corrected chi connectivity index (χ4v) is 3.79.